The van der Waals surface area contributed by atoms with Crippen LogP contribution in [0, 0.1) is 23.7 Å². The Hall–Kier alpha value is -0.660. The summed E-state index contributed by atoms with van der Waals surface area (Å²) in [5.41, 5.74) is 0. The average Bonchev–Trinajstić information content (AvgIpc) is 2.72. The summed E-state index contributed by atoms with van der Waals surface area (Å²) in [5, 5.41) is 0. The molecule has 0 aromatic rings. The molecule has 3 aliphatic rings. The van der Waals surface area contributed by atoms with Crippen molar-refractivity contribution < 1.29 is 9.59 Å². The van der Waals surface area contributed by atoms with E-state index in [9.17, 15) is 9.59 Å². The van der Waals surface area contributed by atoms with E-state index >= 15 is 0 Å². The summed E-state index contributed by atoms with van der Waals surface area (Å²) in [6.45, 7) is 16.0. The Kier molecular flexibility index (Phi) is 16.9. The molecule has 0 heterocycles. The summed E-state index contributed by atoms with van der Waals surface area (Å²) < 4.78 is 0. The molecule has 144 valence electrons. The predicted molar refractivity (Wildman–Crippen MR) is 106 cm³/mol. The van der Waals surface area contributed by atoms with Crippen LogP contribution in [0.3, 0.4) is 0 Å². The highest BCUT2D eigenvalue weighted by Crippen LogP contribution is 2.45. The molecular weight excluding hydrogens is 296 g/mol. The lowest BCUT2D eigenvalue weighted by Crippen LogP contribution is -2.49. The number of carbonyl (C=O) groups excluding carboxylic acids is 2. The van der Waals surface area contributed by atoms with Crippen LogP contribution in [0.5, 0.6) is 0 Å². The Morgan fingerprint density at radius 1 is 0.458 bits per heavy atom. The largest absolute Gasteiger partial charge is 0.299 e. The van der Waals surface area contributed by atoms with Crippen LogP contribution in [-0.4, -0.2) is 11.6 Å². The third kappa shape index (κ3) is 6.33. The lowest BCUT2D eigenvalue weighted by Gasteiger charge is -2.43. The molecule has 0 saturated heterocycles. The number of carbonyl (C=O) groups is 2. The molecule has 0 amide bonds. The van der Waals surface area contributed by atoms with E-state index in [1.807, 2.05) is 55.4 Å². The quantitative estimate of drug-likeness (QED) is 0.483. The fraction of sp³-hybridized carbons (Fsp3) is 0.909. The standard InChI is InChI=1S/C14H20O2.4C2H6/c15-13-9-5-1-2-6-10(9)14(16)12-8-4-3-7-11(12)13;4*1-2/h9-12H,1-8H2;4*1-2H3. The minimum atomic E-state index is 0.112. The number of ketones is 2. The van der Waals surface area contributed by atoms with E-state index in [1.54, 1.807) is 0 Å². The predicted octanol–water partition coefficient (Wildman–Crippen LogP) is 6.86. The lowest BCUT2D eigenvalue weighted by atomic mass is 9.58. The minimum absolute atomic E-state index is 0.112. The van der Waals surface area contributed by atoms with Crippen LogP contribution < -0.4 is 0 Å². The van der Waals surface area contributed by atoms with E-state index < -0.39 is 0 Å². The maximum absolute atomic E-state index is 12.4. The molecule has 3 aliphatic carbocycles. The second kappa shape index (κ2) is 15.8. The highest BCUT2D eigenvalue weighted by molar-refractivity contribution is 5.99. The number of hydrogen-bond acceptors (Lipinski definition) is 2. The van der Waals surface area contributed by atoms with Gasteiger partial charge >= 0.3 is 0 Å². The molecular formula is C22H44O2. The molecule has 4 unspecified atom stereocenters. The normalized spacial score (nSPS) is 30.2. The monoisotopic (exact) mass is 340 g/mol. The van der Waals surface area contributed by atoms with Gasteiger partial charge in [0.2, 0.25) is 0 Å². The number of Topliss-reactive ketones (excluding diaryl/α,β-unsaturated/α-hetero) is 2. The highest BCUT2D eigenvalue weighted by Gasteiger charge is 2.49. The molecule has 3 rings (SSSR count). The van der Waals surface area contributed by atoms with Crippen molar-refractivity contribution in [1.29, 1.82) is 0 Å². The van der Waals surface area contributed by atoms with Crippen molar-refractivity contribution in [3.05, 3.63) is 0 Å². The molecule has 4 atom stereocenters. The zero-order chi connectivity index (χ0) is 19.1. The molecule has 0 bridgehead atoms. The van der Waals surface area contributed by atoms with Crippen LogP contribution in [0.2, 0.25) is 0 Å². The fourth-order valence-electron chi connectivity index (χ4n) is 4.17. The van der Waals surface area contributed by atoms with Gasteiger partial charge in [-0.3, -0.25) is 9.59 Å². The van der Waals surface area contributed by atoms with Gasteiger partial charge in [0.25, 0.3) is 0 Å². The zero-order valence-corrected chi connectivity index (χ0v) is 17.8. The maximum atomic E-state index is 12.4. The van der Waals surface area contributed by atoms with Crippen LogP contribution in [0.1, 0.15) is 107 Å². The summed E-state index contributed by atoms with van der Waals surface area (Å²) in [7, 11) is 0. The Morgan fingerprint density at radius 3 is 0.792 bits per heavy atom. The van der Waals surface area contributed by atoms with Crippen LogP contribution in [-0.2, 0) is 9.59 Å². The van der Waals surface area contributed by atoms with Gasteiger partial charge in [0.15, 0.2) is 0 Å². The third-order valence-corrected chi connectivity index (χ3v) is 4.99. The van der Waals surface area contributed by atoms with E-state index in [4.69, 9.17) is 0 Å². The van der Waals surface area contributed by atoms with Gasteiger partial charge in [0.05, 0.1) is 0 Å². The summed E-state index contributed by atoms with van der Waals surface area (Å²) >= 11 is 0. The molecule has 0 aromatic carbocycles. The van der Waals surface area contributed by atoms with Crippen molar-refractivity contribution in [2.45, 2.75) is 107 Å². The topological polar surface area (TPSA) is 34.1 Å². The van der Waals surface area contributed by atoms with Crippen molar-refractivity contribution in [2.24, 2.45) is 23.7 Å². The Balaban J connectivity index is 0. The Labute approximate surface area is 152 Å². The molecule has 3 fully saturated rings. The van der Waals surface area contributed by atoms with Gasteiger partial charge in [-0.15, -0.1) is 0 Å². The van der Waals surface area contributed by atoms with E-state index in [0.29, 0.717) is 11.6 Å². The Morgan fingerprint density at radius 2 is 0.625 bits per heavy atom. The first kappa shape index (κ1) is 25.6. The van der Waals surface area contributed by atoms with Crippen LogP contribution in [0.15, 0.2) is 0 Å². The van der Waals surface area contributed by atoms with Crippen LogP contribution in [0.4, 0.5) is 0 Å². The first-order valence-corrected chi connectivity index (χ1v) is 10.9. The lowest BCUT2D eigenvalue weighted by molar-refractivity contribution is -0.150. The van der Waals surface area contributed by atoms with Crippen molar-refractivity contribution in [3.8, 4) is 0 Å². The molecule has 0 aliphatic heterocycles. The molecule has 2 nitrogen and oxygen atoms in total. The second-order valence-electron chi connectivity index (χ2n) is 5.80. The second-order valence-corrected chi connectivity index (χ2v) is 5.80. The number of fused-ring (bicyclic) bond motifs is 2. The smallest absolute Gasteiger partial charge is 0.140 e. The van der Waals surface area contributed by atoms with Crippen molar-refractivity contribution in [2.75, 3.05) is 0 Å². The molecule has 24 heavy (non-hydrogen) atoms. The van der Waals surface area contributed by atoms with E-state index in [2.05, 4.69) is 0 Å². The van der Waals surface area contributed by atoms with E-state index in [-0.39, 0.29) is 23.7 Å². The SMILES string of the molecule is CC.CC.CC.CC.O=C1C2CCCCC2C(=O)C2CCCCC12. The minimum Gasteiger partial charge on any atom is -0.299 e. The third-order valence-electron chi connectivity index (χ3n) is 4.99. The molecule has 2 heteroatoms. The Bertz CT molecular complexity index is 262. The average molecular weight is 341 g/mol. The van der Waals surface area contributed by atoms with Gasteiger partial charge in [-0.2, -0.15) is 0 Å². The summed E-state index contributed by atoms with van der Waals surface area (Å²) in [5.74, 6) is 1.35. The number of hydrogen-bond donors (Lipinski definition) is 0. The molecule has 0 radical (unpaired) electrons. The zero-order valence-electron chi connectivity index (χ0n) is 17.8. The van der Waals surface area contributed by atoms with Crippen LogP contribution in [0.25, 0.3) is 0 Å². The van der Waals surface area contributed by atoms with Gasteiger partial charge in [-0.05, 0) is 25.7 Å². The van der Waals surface area contributed by atoms with Crippen molar-refractivity contribution >= 4 is 11.6 Å². The maximum Gasteiger partial charge on any atom is 0.140 e. The fourth-order valence-corrected chi connectivity index (χ4v) is 4.17. The van der Waals surface area contributed by atoms with Gasteiger partial charge < -0.3 is 0 Å². The van der Waals surface area contributed by atoms with Crippen molar-refractivity contribution in [3.63, 3.8) is 0 Å². The van der Waals surface area contributed by atoms with Gasteiger partial charge in [-0.1, -0.05) is 81.1 Å². The van der Waals surface area contributed by atoms with Crippen molar-refractivity contribution in [1.82, 2.24) is 0 Å². The highest BCUT2D eigenvalue weighted by atomic mass is 16.1. The molecule has 3 saturated carbocycles. The van der Waals surface area contributed by atoms with Crippen LogP contribution >= 0.6 is 0 Å². The summed E-state index contributed by atoms with van der Waals surface area (Å²) in [6, 6.07) is 0. The number of rotatable bonds is 0. The van der Waals surface area contributed by atoms with Gasteiger partial charge in [0.1, 0.15) is 11.6 Å². The van der Waals surface area contributed by atoms with E-state index in [0.717, 1.165) is 51.4 Å². The summed E-state index contributed by atoms with van der Waals surface area (Å²) in [4.78, 5) is 24.8. The van der Waals surface area contributed by atoms with E-state index in [1.165, 1.54) is 0 Å². The van der Waals surface area contributed by atoms with Gasteiger partial charge in [-0.25, -0.2) is 0 Å². The molecule has 0 spiro atoms. The first-order valence-electron chi connectivity index (χ1n) is 10.9. The van der Waals surface area contributed by atoms with Gasteiger partial charge in [0, 0.05) is 23.7 Å². The first-order chi connectivity index (χ1) is 11.8. The molecule has 0 aromatic heterocycles. The molecule has 0 N–H and O–H groups in total. The summed E-state index contributed by atoms with van der Waals surface area (Å²) in [6.07, 6.45) is 8.54.